The molecule has 0 saturated heterocycles. The minimum Gasteiger partial charge on any atom is -0.465 e. The molecule has 2 rings (SSSR count). The summed E-state index contributed by atoms with van der Waals surface area (Å²) in [6, 6.07) is 3.31. The van der Waals surface area contributed by atoms with E-state index in [2.05, 4.69) is 25.7 Å². The van der Waals surface area contributed by atoms with E-state index in [1.165, 1.54) is 13.3 Å². The molecule has 0 aliphatic rings. The summed E-state index contributed by atoms with van der Waals surface area (Å²) in [6.07, 6.45) is 1.40. The number of aromatic nitrogens is 1. The quantitative estimate of drug-likeness (QED) is 0.737. The Kier molecular flexibility index (Phi) is 3.56. The molecule has 0 fully saturated rings. The zero-order chi connectivity index (χ0) is 12.6. The molecule has 1 aromatic heterocycles. The first kappa shape index (κ1) is 12.6. The Morgan fingerprint density at radius 3 is 2.65 bits per heavy atom. The minimum atomic E-state index is -0.484. The standard InChI is InChI=1S/C11H6BrCl2NO2/c1-17-11(16)5-4-15-10-7(14)3-2-6(13)8(10)9(5)12/h2-4H,1H3. The number of hydrogen-bond donors (Lipinski definition) is 0. The number of esters is 1. The van der Waals surface area contributed by atoms with E-state index in [0.717, 1.165) is 0 Å². The van der Waals surface area contributed by atoms with Gasteiger partial charge >= 0.3 is 5.97 Å². The summed E-state index contributed by atoms with van der Waals surface area (Å²) in [4.78, 5) is 15.6. The molecular weight excluding hydrogens is 329 g/mol. The van der Waals surface area contributed by atoms with Gasteiger partial charge in [-0.1, -0.05) is 23.2 Å². The first-order chi connectivity index (χ1) is 8.06. The van der Waals surface area contributed by atoms with Gasteiger partial charge in [0.05, 0.1) is 28.2 Å². The third-order valence-electron chi connectivity index (χ3n) is 2.26. The van der Waals surface area contributed by atoms with Crippen molar-refractivity contribution in [3.63, 3.8) is 0 Å². The van der Waals surface area contributed by atoms with Crippen molar-refractivity contribution < 1.29 is 9.53 Å². The van der Waals surface area contributed by atoms with Gasteiger partial charge in [-0.2, -0.15) is 0 Å². The summed E-state index contributed by atoms with van der Waals surface area (Å²) >= 11 is 15.4. The summed E-state index contributed by atoms with van der Waals surface area (Å²) in [5.74, 6) is -0.484. The molecule has 0 N–H and O–H groups in total. The maximum absolute atomic E-state index is 11.5. The summed E-state index contributed by atoms with van der Waals surface area (Å²) in [5.41, 5.74) is 0.850. The highest BCUT2D eigenvalue weighted by Crippen LogP contribution is 2.35. The lowest BCUT2D eigenvalue weighted by molar-refractivity contribution is 0.0599. The fraction of sp³-hybridized carbons (Fsp3) is 0.0909. The van der Waals surface area contributed by atoms with Gasteiger partial charge in [0.2, 0.25) is 0 Å². The van der Waals surface area contributed by atoms with E-state index < -0.39 is 5.97 Å². The molecule has 0 bridgehead atoms. The molecule has 0 aliphatic heterocycles. The van der Waals surface area contributed by atoms with Crippen LogP contribution in [0.4, 0.5) is 0 Å². The van der Waals surface area contributed by atoms with E-state index in [0.29, 0.717) is 31.0 Å². The van der Waals surface area contributed by atoms with Crippen molar-refractivity contribution in [2.75, 3.05) is 7.11 Å². The fourth-order valence-electron chi connectivity index (χ4n) is 1.45. The Hall–Kier alpha value is -0.840. The van der Waals surface area contributed by atoms with Gasteiger partial charge in [-0.05, 0) is 28.1 Å². The van der Waals surface area contributed by atoms with Crippen LogP contribution in [0.15, 0.2) is 22.8 Å². The second kappa shape index (κ2) is 4.80. The molecule has 3 nitrogen and oxygen atoms in total. The van der Waals surface area contributed by atoms with Crippen LogP contribution in [-0.4, -0.2) is 18.1 Å². The van der Waals surface area contributed by atoms with Crippen LogP contribution in [0.5, 0.6) is 0 Å². The average molecular weight is 335 g/mol. The van der Waals surface area contributed by atoms with Gasteiger partial charge < -0.3 is 4.74 Å². The van der Waals surface area contributed by atoms with Crippen molar-refractivity contribution in [2.24, 2.45) is 0 Å². The van der Waals surface area contributed by atoms with Gasteiger partial charge in [-0.25, -0.2) is 4.79 Å². The molecule has 2 aromatic rings. The number of pyridine rings is 1. The van der Waals surface area contributed by atoms with E-state index in [1.807, 2.05) is 0 Å². The van der Waals surface area contributed by atoms with Crippen LogP contribution in [0, 0.1) is 0 Å². The van der Waals surface area contributed by atoms with Gasteiger partial charge in [0, 0.05) is 16.1 Å². The summed E-state index contributed by atoms with van der Waals surface area (Å²) < 4.78 is 5.18. The van der Waals surface area contributed by atoms with Crippen molar-refractivity contribution in [1.29, 1.82) is 0 Å². The summed E-state index contributed by atoms with van der Waals surface area (Å²) in [6.45, 7) is 0. The smallest absolute Gasteiger partial charge is 0.340 e. The lowest BCUT2D eigenvalue weighted by Gasteiger charge is -2.08. The number of rotatable bonds is 1. The predicted octanol–water partition coefficient (Wildman–Crippen LogP) is 4.09. The second-order valence-electron chi connectivity index (χ2n) is 3.23. The van der Waals surface area contributed by atoms with Crippen molar-refractivity contribution in [3.05, 3.63) is 38.4 Å². The van der Waals surface area contributed by atoms with Crippen molar-refractivity contribution in [2.45, 2.75) is 0 Å². The number of methoxy groups -OCH3 is 1. The molecule has 1 aromatic carbocycles. The van der Waals surface area contributed by atoms with Gasteiger partial charge in [-0.15, -0.1) is 0 Å². The number of hydrogen-bond acceptors (Lipinski definition) is 3. The van der Waals surface area contributed by atoms with Gasteiger partial charge in [-0.3, -0.25) is 4.98 Å². The molecule has 0 amide bonds. The van der Waals surface area contributed by atoms with Crippen LogP contribution in [-0.2, 0) is 4.74 Å². The van der Waals surface area contributed by atoms with E-state index in [4.69, 9.17) is 23.2 Å². The predicted molar refractivity (Wildman–Crippen MR) is 70.8 cm³/mol. The van der Waals surface area contributed by atoms with Crippen LogP contribution in [0.25, 0.3) is 10.9 Å². The molecule has 0 unspecified atom stereocenters. The van der Waals surface area contributed by atoms with Crippen LogP contribution < -0.4 is 0 Å². The Bertz CT molecular complexity index is 616. The average Bonchev–Trinajstić information content (AvgIpc) is 2.33. The normalized spacial score (nSPS) is 10.6. The highest BCUT2D eigenvalue weighted by molar-refractivity contribution is 9.10. The Balaban J connectivity index is 2.84. The number of halogens is 3. The maximum Gasteiger partial charge on any atom is 0.340 e. The highest BCUT2D eigenvalue weighted by Gasteiger charge is 2.17. The van der Waals surface area contributed by atoms with Crippen LogP contribution in [0.1, 0.15) is 10.4 Å². The number of fused-ring (bicyclic) bond motifs is 1. The molecular formula is C11H6BrCl2NO2. The maximum atomic E-state index is 11.5. The molecule has 0 saturated carbocycles. The molecule has 0 aliphatic carbocycles. The summed E-state index contributed by atoms with van der Waals surface area (Å²) in [7, 11) is 1.30. The number of carbonyl (C=O) groups excluding carboxylic acids is 1. The first-order valence-corrected chi connectivity index (χ1v) is 6.11. The molecule has 0 radical (unpaired) electrons. The third kappa shape index (κ3) is 2.12. The largest absolute Gasteiger partial charge is 0.465 e. The minimum absolute atomic E-state index is 0.309. The highest BCUT2D eigenvalue weighted by atomic mass is 79.9. The van der Waals surface area contributed by atoms with Crippen molar-refractivity contribution in [3.8, 4) is 0 Å². The molecule has 0 spiro atoms. The first-order valence-electron chi connectivity index (χ1n) is 4.56. The van der Waals surface area contributed by atoms with Crippen molar-refractivity contribution in [1.82, 2.24) is 4.98 Å². The SMILES string of the molecule is COC(=O)c1cnc2c(Cl)ccc(Cl)c2c1Br. The monoisotopic (exact) mass is 333 g/mol. The topological polar surface area (TPSA) is 39.2 Å². The van der Waals surface area contributed by atoms with Crippen molar-refractivity contribution >= 4 is 56.0 Å². The molecule has 6 heteroatoms. The van der Waals surface area contributed by atoms with E-state index in [1.54, 1.807) is 12.1 Å². The Morgan fingerprint density at radius 1 is 1.35 bits per heavy atom. The number of ether oxygens (including phenoxy) is 1. The van der Waals surface area contributed by atoms with Crippen LogP contribution in [0.3, 0.4) is 0 Å². The van der Waals surface area contributed by atoms with E-state index >= 15 is 0 Å². The van der Waals surface area contributed by atoms with Gasteiger partial charge in [0.1, 0.15) is 0 Å². The van der Waals surface area contributed by atoms with Gasteiger partial charge in [0.25, 0.3) is 0 Å². The van der Waals surface area contributed by atoms with Crippen LogP contribution >= 0.6 is 39.1 Å². The number of benzene rings is 1. The molecule has 88 valence electrons. The molecule has 17 heavy (non-hydrogen) atoms. The zero-order valence-corrected chi connectivity index (χ0v) is 11.7. The molecule has 0 atom stereocenters. The van der Waals surface area contributed by atoms with E-state index in [9.17, 15) is 4.79 Å². The zero-order valence-electron chi connectivity index (χ0n) is 8.63. The van der Waals surface area contributed by atoms with E-state index in [-0.39, 0.29) is 0 Å². The van der Waals surface area contributed by atoms with Crippen LogP contribution in [0.2, 0.25) is 10.0 Å². The third-order valence-corrected chi connectivity index (χ3v) is 3.71. The summed E-state index contributed by atoms with van der Waals surface area (Å²) in [5, 5.41) is 1.54. The Morgan fingerprint density at radius 2 is 2.00 bits per heavy atom. The molecule has 1 heterocycles. The number of nitrogens with zero attached hydrogens (tertiary/aromatic N) is 1. The Labute approximate surface area is 116 Å². The number of carbonyl (C=O) groups is 1. The van der Waals surface area contributed by atoms with Gasteiger partial charge in [0.15, 0.2) is 0 Å². The lowest BCUT2D eigenvalue weighted by atomic mass is 10.1. The second-order valence-corrected chi connectivity index (χ2v) is 4.84. The fourth-order valence-corrected chi connectivity index (χ4v) is 2.68. The lowest BCUT2D eigenvalue weighted by Crippen LogP contribution is -2.03.